The van der Waals surface area contributed by atoms with Crippen LogP contribution >= 0.6 is 11.3 Å². The maximum absolute atomic E-state index is 13.7. The van der Waals surface area contributed by atoms with Gasteiger partial charge in [-0.15, -0.1) is 11.3 Å². The Labute approximate surface area is 141 Å². The first kappa shape index (κ1) is 15.0. The number of hydrogen-bond donors (Lipinski definition) is 1. The van der Waals surface area contributed by atoms with E-state index in [1.165, 1.54) is 25.0 Å². The molecule has 1 aliphatic rings. The molecule has 122 valence electrons. The molecule has 1 amide bonds. The van der Waals surface area contributed by atoms with E-state index < -0.39 is 5.82 Å². The Morgan fingerprint density at radius 3 is 3.00 bits per heavy atom. The van der Waals surface area contributed by atoms with Crippen LogP contribution in [0, 0.1) is 5.82 Å². The van der Waals surface area contributed by atoms with Crippen LogP contribution in [0.25, 0.3) is 11.3 Å². The first-order chi connectivity index (χ1) is 11.7. The number of carbonyl (C=O) groups is 1. The number of halogens is 1. The van der Waals surface area contributed by atoms with Gasteiger partial charge < -0.3 is 9.84 Å². The highest BCUT2D eigenvalue weighted by Crippen LogP contribution is 2.41. The van der Waals surface area contributed by atoms with E-state index in [0.29, 0.717) is 12.5 Å². The second-order valence-corrected chi connectivity index (χ2v) is 6.58. The van der Waals surface area contributed by atoms with Gasteiger partial charge in [0.15, 0.2) is 11.5 Å². The SMILES string of the molecule is O=C(NCc1csc(C2CC2)n1)c1cc(-c2ccccc2F)on1. The lowest BCUT2D eigenvalue weighted by molar-refractivity contribution is 0.0941. The molecule has 1 aromatic carbocycles. The lowest BCUT2D eigenvalue weighted by Gasteiger charge is -1.99. The molecule has 0 radical (unpaired) electrons. The van der Waals surface area contributed by atoms with E-state index in [1.54, 1.807) is 29.5 Å². The van der Waals surface area contributed by atoms with Gasteiger partial charge in [-0.2, -0.15) is 0 Å². The highest BCUT2D eigenvalue weighted by atomic mass is 32.1. The average molecular weight is 343 g/mol. The van der Waals surface area contributed by atoms with Crippen molar-refractivity contribution in [3.8, 4) is 11.3 Å². The van der Waals surface area contributed by atoms with Crippen LogP contribution < -0.4 is 5.32 Å². The molecule has 0 aliphatic heterocycles. The summed E-state index contributed by atoms with van der Waals surface area (Å²) in [5.41, 5.74) is 1.23. The first-order valence-corrected chi connectivity index (χ1v) is 8.53. The normalized spacial score (nSPS) is 13.9. The summed E-state index contributed by atoms with van der Waals surface area (Å²) in [6, 6.07) is 7.63. The number of thiazole rings is 1. The third-order valence-corrected chi connectivity index (χ3v) is 4.86. The molecule has 4 rings (SSSR count). The molecule has 0 bridgehead atoms. The topological polar surface area (TPSA) is 68.0 Å². The largest absolute Gasteiger partial charge is 0.355 e. The molecule has 5 nitrogen and oxygen atoms in total. The van der Waals surface area contributed by atoms with Gasteiger partial charge in [0.25, 0.3) is 5.91 Å². The van der Waals surface area contributed by atoms with Crippen molar-refractivity contribution in [2.45, 2.75) is 25.3 Å². The standard InChI is InChI=1S/C17H14FN3O2S/c18-13-4-2-1-3-12(13)15-7-14(21-23-15)16(22)19-8-11-9-24-17(20-11)10-5-6-10/h1-4,7,9-10H,5-6,8H2,(H,19,22). The minimum atomic E-state index is -0.421. The Morgan fingerprint density at radius 2 is 2.21 bits per heavy atom. The van der Waals surface area contributed by atoms with Crippen LogP contribution in [-0.4, -0.2) is 16.0 Å². The van der Waals surface area contributed by atoms with Gasteiger partial charge in [-0.1, -0.05) is 17.3 Å². The summed E-state index contributed by atoms with van der Waals surface area (Å²) in [6.07, 6.45) is 2.41. The summed E-state index contributed by atoms with van der Waals surface area (Å²) in [4.78, 5) is 16.7. The lowest BCUT2D eigenvalue weighted by Crippen LogP contribution is -2.23. The van der Waals surface area contributed by atoms with Gasteiger partial charge in [-0.3, -0.25) is 4.79 Å². The zero-order valence-corrected chi connectivity index (χ0v) is 13.5. The quantitative estimate of drug-likeness (QED) is 0.766. The second-order valence-electron chi connectivity index (χ2n) is 5.69. The van der Waals surface area contributed by atoms with Crippen LogP contribution in [0.4, 0.5) is 4.39 Å². The van der Waals surface area contributed by atoms with Crippen LogP contribution in [0.2, 0.25) is 0 Å². The van der Waals surface area contributed by atoms with Crippen LogP contribution in [-0.2, 0) is 6.54 Å². The van der Waals surface area contributed by atoms with Crippen molar-refractivity contribution in [3.05, 3.63) is 57.9 Å². The molecular formula is C17H14FN3O2S. The Balaban J connectivity index is 1.42. The Morgan fingerprint density at radius 1 is 1.38 bits per heavy atom. The number of rotatable bonds is 5. The van der Waals surface area contributed by atoms with E-state index in [1.807, 2.05) is 5.38 Å². The third kappa shape index (κ3) is 3.07. The summed E-state index contributed by atoms with van der Waals surface area (Å²) in [7, 11) is 0. The predicted molar refractivity (Wildman–Crippen MR) is 87.2 cm³/mol. The summed E-state index contributed by atoms with van der Waals surface area (Å²) < 4.78 is 18.8. The number of nitrogens with one attached hydrogen (secondary N) is 1. The minimum Gasteiger partial charge on any atom is -0.355 e. The fraction of sp³-hybridized carbons (Fsp3) is 0.235. The second kappa shape index (κ2) is 6.16. The molecule has 7 heteroatoms. The molecule has 24 heavy (non-hydrogen) atoms. The molecule has 0 saturated heterocycles. The fourth-order valence-electron chi connectivity index (χ4n) is 2.35. The van der Waals surface area contributed by atoms with E-state index >= 15 is 0 Å². The predicted octanol–water partition coefficient (Wildman–Crippen LogP) is 3.74. The molecule has 2 aromatic heterocycles. The average Bonchev–Trinajstić information content (AvgIpc) is 3.13. The van der Waals surface area contributed by atoms with Gasteiger partial charge in [0.2, 0.25) is 0 Å². The molecule has 0 unspecified atom stereocenters. The van der Waals surface area contributed by atoms with Crippen LogP contribution in [0.15, 0.2) is 40.2 Å². The Hall–Kier alpha value is -2.54. The number of benzene rings is 1. The summed E-state index contributed by atoms with van der Waals surface area (Å²) in [6.45, 7) is 0.337. The lowest BCUT2D eigenvalue weighted by atomic mass is 10.1. The number of carbonyl (C=O) groups excluding carboxylic acids is 1. The molecule has 0 atom stereocenters. The van der Waals surface area contributed by atoms with E-state index in [4.69, 9.17) is 4.52 Å². The zero-order valence-electron chi connectivity index (χ0n) is 12.7. The smallest absolute Gasteiger partial charge is 0.273 e. The van der Waals surface area contributed by atoms with Gasteiger partial charge in [-0.25, -0.2) is 9.37 Å². The van der Waals surface area contributed by atoms with E-state index in [9.17, 15) is 9.18 Å². The summed E-state index contributed by atoms with van der Waals surface area (Å²) in [5, 5.41) is 9.58. The molecule has 2 heterocycles. The highest BCUT2D eigenvalue weighted by Gasteiger charge is 2.26. The third-order valence-electron chi connectivity index (χ3n) is 3.81. The van der Waals surface area contributed by atoms with Gasteiger partial charge in [-0.05, 0) is 25.0 Å². The van der Waals surface area contributed by atoms with Crippen molar-refractivity contribution in [2.75, 3.05) is 0 Å². The van der Waals surface area contributed by atoms with Crippen LogP contribution in [0.1, 0.15) is 39.9 Å². The van der Waals surface area contributed by atoms with Crippen LogP contribution in [0.5, 0.6) is 0 Å². The Bertz CT molecular complexity index is 885. The number of nitrogens with zero attached hydrogens (tertiary/aromatic N) is 2. The minimum absolute atomic E-state index is 0.117. The molecule has 1 saturated carbocycles. The van der Waals surface area contributed by atoms with Crippen molar-refractivity contribution in [1.82, 2.24) is 15.5 Å². The number of amides is 1. The molecule has 0 spiro atoms. The molecule has 3 aromatic rings. The maximum Gasteiger partial charge on any atom is 0.273 e. The van der Waals surface area contributed by atoms with Crippen molar-refractivity contribution in [1.29, 1.82) is 0 Å². The molecule has 1 aliphatic carbocycles. The molecule has 1 N–H and O–H groups in total. The monoisotopic (exact) mass is 343 g/mol. The zero-order chi connectivity index (χ0) is 16.5. The van der Waals surface area contributed by atoms with Crippen LogP contribution in [0.3, 0.4) is 0 Å². The van der Waals surface area contributed by atoms with Crippen molar-refractivity contribution in [3.63, 3.8) is 0 Å². The van der Waals surface area contributed by atoms with Crippen molar-refractivity contribution >= 4 is 17.2 Å². The summed E-state index contributed by atoms with van der Waals surface area (Å²) in [5.74, 6) is 0.0410. The van der Waals surface area contributed by atoms with E-state index in [0.717, 1.165) is 10.7 Å². The van der Waals surface area contributed by atoms with Crippen molar-refractivity contribution < 1.29 is 13.7 Å². The fourth-order valence-corrected chi connectivity index (χ4v) is 3.34. The first-order valence-electron chi connectivity index (χ1n) is 7.65. The van der Waals surface area contributed by atoms with Gasteiger partial charge >= 0.3 is 0 Å². The van der Waals surface area contributed by atoms with E-state index in [-0.39, 0.29) is 22.9 Å². The number of aromatic nitrogens is 2. The van der Waals surface area contributed by atoms with Gasteiger partial charge in [0.05, 0.1) is 22.8 Å². The molecule has 1 fully saturated rings. The summed E-state index contributed by atoms with van der Waals surface area (Å²) >= 11 is 1.63. The van der Waals surface area contributed by atoms with Gasteiger partial charge in [0.1, 0.15) is 5.82 Å². The molecular weight excluding hydrogens is 329 g/mol. The Kier molecular flexibility index (Phi) is 3.86. The van der Waals surface area contributed by atoms with Gasteiger partial charge in [0, 0.05) is 17.4 Å². The highest BCUT2D eigenvalue weighted by molar-refractivity contribution is 7.09. The van der Waals surface area contributed by atoms with E-state index in [2.05, 4.69) is 15.5 Å². The maximum atomic E-state index is 13.7. The van der Waals surface area contributed by atoms with Crippen molar-refractivity contribution in [2.24, 2.45) is 0 Å². The number of hydrogen-bond acceptors (Lipinski definition) is 5.